The third-order valence-corrected chi connectivity index (χ3v) is 1.71. The standard InChI is InChI=1S/C8H9ClFNS/c1-5(12)11-6-2-3-8(10)7(9)4-6/h2-5,11-12H,1H3. The second-order valence-corrected chi connectivity index (χ2v) is 3.63. The van der Waals surface area contributed by atoms with Gasteiger partial charge in [-0.25, -0.2) is 4.39 Å². The van der Waals surface area contributed by atoms with E-state index in [9.17, 15) is 4.39 Å². The van der Waals surface area contributed by atoms with Gasteiger partial charge < -0.3 is 5.32 Å². The zero-order chi connectivity index (χ0) is 9.14. The van der Waals surface area contributed by atoms with Crippen LogP contribution in [0.2, 0.25) is 5.02 Å². The van der Waals surface area contributed by atoms with E-state index in [0.717, 1.165) is 5.69 Å². The van der Waals surface area contributed by atoms with Crippen LogP contribution in [0.25, 0.3) is 0 Å². The van der Waals surface area contributed by atoms with Crippen LogP contribution in [0.4, 0.5) is 10.1 Å². The highest BCUT2D eigenvalue weighted by molar-refractivity contribution is 7.81. The van der Waals surface area contributed by atoms with Crippen LogP contribution in [-0.4, -0.2) is 5.37 Å². The van der Waals surface area contributed by atoms with E-state index >= 15 is 0 Å². The van der Waals surface area contributed by atoms with Crippen molar-refractivity contribution in [2.75, 3.05) is 5.32 Å². The summed E-state index contributed by atoms with van der Waals surface area (Å²) in [6.45, 7) is 1.88. The maximum absolute atomic E-state index is 12.7. The molecule has 0 saturated carbocycles. The summed E-state index contributed by atoms with van der Waals surface area (Å²) in [5.74, 6) is -0.408. The van der Waals surface area contributed by atoms with Gasteiger partial charge >= 0.3 is 0 Å². The SMILES string of the molecule is CC(S)Nc1ccc(F)c(Cl)c1. The van der Waals surface area contributed by atoms with E-state index in [2.05, 4.69) is 17.9 Å². The van der Waals surface area contributed by atoms with Gasteiger partial charge in [-0.2, -0.15) is 12.6 Å². The van der Waals surface area contributed by atoms with E-state index in [1.807, 2.05) is 6.92 Å². The van der Waals surface area contributed by atoms with Crippen LogP contribution in [0.15, 0.2) is 18.2 Å². The summed E-state index contributed by atoms with van der Waals surface area (Å²) in [5, 5.41) is 3.13. The summed E-state index contributed by atoms with van der Waals surface area (Å²) in [6, 6.07) is 4.47. The molecule has 0 spiro atoms. The molecule has 0 fully saturated rings. The molecule has 0 heterocycles. The van der Waals surface area contributed by atoms with E-state index in [1.54, 1.807) is 6.07 Å². The Hall–Kier alpha value is -0.410. The molecule has 4 heteroatoms. The maximum Gasteiger partial charge on any atom is 0.141 e. The first-order valence-corrected chi connectivity index (χ1v) is 4.38. The number of anilines is 1. The lowest BCUT2D eigenvalue weighted by atomic mass is 10.3. The zero-order valence-corrected chi connectivity index (χ0v) is 8.16. The molecular weight excluding hydrogens is 197 g/mol. The molecule has 0 radical (unpaired) electrons. The lowest BCUT2D eigenvalue weighted by Gasteiger charge is -2.09. The lowest BCUT2D eigenvalue weighted by Crippen LogP contribution is -2.06. The molecule has 1 aromatic rings. The molecule has 0 aliphatic rings. The van der Waals surface area contributed by atoms with Crippen molar-refractivity contribution in [3.8, 4) is 0 Å². The molecule has 1 unspecified atom stereocenters. The highest BCUT2D eigenvalue weighted by atomic mass is 35.5. The molecule has 1 N–H and O–H groups in total. The quantitative estimate of drug-likeness (QED) is 0.558. The van der Waals surface area contributed by atoms with E-state index in [4.69, 9.17) is 11.6 Å². The van der Waals surface area contributed by atoms with E-state index in [0.29, 0.717) is 0 Å². The first-order valence-electron chi connectivity index (χ1n) is 3.49. The number of thiol groups is 1. The molecular formula is C8H9ClFNS. The minimum absolute atomic E-state index is 0.0199. The summed E-state index contributed by atoms with van der Waals surface area (Å²) >= 11 is 9.68. The Kier molecular flexibility index (Phi) is 3.23. The molecule has 0 aliphatic carbocycles. The molecule has 0 saturated heterocycles. The van der Waals surface area contributed by atoms with Crippen molar-refractivity contribution in [2.45, 2.75) is 12.3 Å². The van der Waals surface area contributed by atoms with Crippen molar-refractivity contribution in [3.63, 3.8) is 0 Å². The predicted octanol–water partition coefficient (Wildman–Crippen LogP) is 3.17. The van der Waals surface area contributed by atoms with Crippen LogP contribution in [0.1, 0.15) is 6.92 Å². The minimum atomic E-state index is -0.408. The first kappa shape index (κ1) is 9.68. The Morgan fingerprint density at radius 1 is 1.58 bits per heavy atom. The number of hydrogen-bond donors (Lipinski definition) is 2. The van der Waals surface area contributed by atoms with E-state index in [-0.39, 0.29) is 10.4 Å². The number of nitrogens with one attached hydrogen (secondary N) is 1. The number of hydrogen-bond acceptors (Lipinski definition) is 2. The van der Waals surface area contributed by atoms with Crippen molar-refractivity contribution < 1.29 is 4.39 Å². The Balaban J connectivity index is 2.82. The van der Waals surface area contributed by atoms with Gasteiger partial charge in [-0.15, -0.1) is 0 Å². The fourth-order valence-corrected chi connectivity index (χ4v) is 1.16. The molecule has 1 atom stereocenters. The third kappa shape index (κ3) is 2.57. The maximum atomic E-state index is 12.7. The Morgan fingerprint density at radius 3 is 2.75 bits per heavy atom. The Morgan fingerprint density at radius 2 is 2.25 bits per heavy atom. The average molecular weight is 206 g/mol. The molecule has 0 aliphatic heterocycles. The molecule has 66 valence electrons. The minimum Gasteiger partial charge on any atom is -0.374 e. The van der Waals surface area contributed by atoms with Crippen molar-refractivity contribution in [1.82, 2.24) is 0 Å². The summed E-state index contributed by atoms with van der Waals surface area (Å²) in [5.41, 5.74) is 0.768. The molecule has 0 bridgehead atoms. The predicted molar refractivity (Wildman–Crippen MR) is 53.5 cm³/mol. The smallest absolute Gasteiger partial charge is 0.141 e. The Labute approximate surface area is 81.3 Å². The van der Waals surface area contributed by atoms with Crippen molar-refractivity contribution in [3.05, 3.63) is 29.0 Å². The van der Waals surface area contributed by atoms with Crippen LogP contribution in [0.3, 0.4) is 0 Å². The number of halogens is 2. The number of rotatable bonds is 2. The van der Waals surface area contributed by atoms with Crippen LogP contribution in [-0.2, 0) is 0 Å². The van der Waals surface area contributed by atoms with Gasteiger partial charge in [0.25, 0.3) is 0 Å². The molecule has 1 rings (SSSR count). The largest absolute Gasteiger partial charge is 0.374 e. The first-order chi connectivity index (χ1) is 5.59. The zero-order valence-electron chi connectivity index (χ0n) is 6.51. The molecule has 12 heavy (non-hydrogen) atoms. The van der Waals surface area contributed by atoms with E-state index < -0.39 is 5.82 Å². The fourth-order valence-electron chi connectivity index (χ4n) is 0.827. The van der Waals surface area contributed by atoms with Crippen molar-refractivity contribution in [1.29, 1.82) is 0 Å². The average Bonchev–Trinajstić information content (AvgIpc) is 1.96. The lowest BCUT2D eigenvalue weighted by molar-refractivity contribution is 0.628. The topological polar surface area (TPSA) is 12.0 Å². The normalized spacial score (nSPS) is 12.7. The van der Waals surface area contributed by atoms with E-state index in [1.165, 1.54) is 12.1 Å². The Bertz CT molecular complexity index is 278. The van der Waals surface area contributed by atoms with Crippen LogP contribution >= 0.6 is 24.2 Å². The van der Waals surface area contributed by atoms with Crippen LogP contribution in [0.5, 0.6) is 0 Å². The van der Waals surface area contributed by atoms with Gasteiger partial charge in [-0.05, 0) is 25.1 Å². The van der Waals surface area contributed by atoms with Gasteiger partial charge in [0.05, 0.1) is 10.4 Å². The van der Waals surface area contributed by atoms with Gasteiger partial charge in [0.1, 0.15) is 5.82 Å². The van der Waals surface area contributed by atoms with Crippen molar-refractivity contribution in [2.24, 2.45) is 0 Å². The van der Waals surface area contributed by atoms with Gasteiger partial charge in [0.2, 0.25) is 0 Å². The molecule has 0 amide bonds. The highest BCUT2D eigenvalue weighted by Gasteiger charge is 2.01. The summed E-state index contributed by atoms with van der Waals surface area (Å²) < 4.78 is 12.7. The summed E-state index contributed by atoms with van der Waals surface area (Å²) in [7, 11) is 0. The van der Waals surface area contributed by atoms with Crippen LogP contribution in [0, 0.1) is 5.82 Å². The van der Waals surface area contributed by atoms with Gasteiger partial charge in [-0.1, -0.05) is 11.6 Å². The third-order valence-electron chi connectivity index (χ3n) is 1.30. The highest BCUT2D eigenvalue weighted by Crippen LogP contribution is 2.20. The number of benzene rings is 1. The molecule has 0 aromatic heterocycles. The second kappa shape index (κ2) is 4.01. The monoisotopic (exact) mass is 205 g/mol. The second-order valence-electron chi connectivity index (χ2n) is 2.45. The van der Waals surface area contributed by atoms with Gasteiger partial charge in [0.15, 0.2) is 0 Å². The van der Waals surface area contributed by atoms with Crippen LogP contribution < -0.4 is 5.32 Å². The summed E-state index contributed by atoms with van der Waals surface area (Å²) in [6.07, 6.45) is 0. The van der Waals surface area contributed by atoms with Gasteiger partial charge in [0, 0.05) is 5.69 Å². The summed E-state index contributed by atoms with van der Waals surface area (Å²) in [4.78, 5) is 0. The molecule has 1 nitrogen and oxygen atoms in total. The fraction of sp³-hybridized carbons (Fsp3) is 0.250. The molecule has 1 aromatic carbocycles. The van der Waals surface area contributed by atoms with Crippen molar-refractivity contribution >= 4 is 29.9 Å². The van der Waals surface area contributed by atoms with Gasteiger partial charge in [-0.3, -0.25) is 0 Å².